The number of benzene rings is 1. The number of carbonyl (C=O) groups is 1. The van der Waals surface area contributed by atoms with Crippen molar-refractivity contribution in [3.05, 3.63) is 35.5 Å². The van der Waals surface area contributed by atoms with Gasteiger partial charge in [-0.3, -0.25) is 4.79 Å². The zero-order valence-corrected chi connectivity index (χ0v) is 12.9. The van der Waals surface area contributed by atoms with Crippen molar-refractivity contribution < 1.29 is 14.3 Å². The Morgan fingerprint density at radius 3 is 2.86 bits per heavy atom. The highest BCUT2D eigenvalue weighted by atomic mass is 16.7. The predicted octanol–water partition coefficient (Wildman–Crippen LogP) is 2.68. The van der Waals surface area contributed by atoms with Crippen LogP contribution in [0.25, 0.3) is 0 Å². The lowest BCUT2D eigenvalue weighted by molar-refractivity contribution is -0.115. The Morgan fingerprint density at radius 1 is 1.32 bits per heavy atom. The first kappa shape index (κ1) is 14.4. The summed E-state index contributed by atoms with van der Waals surface area (Å²) in [5, 5.41) is 7.30. The zero-order valence-electron chi connectivity index (χ0n) is 12.9. The summed E-state index contributed by atoms with van der Waals surface area (Å²) >= 11 is 0. The van der Waals surface area contributed by atoms with Crippen molar-refractivity contribution in [3.8, 4) is 11.5 Å². The molecule has 0 fully saturated rings. The summed E-state index contributed by atoms with van der Waals surface area (Å²) in [6.45, 7) is 6.20. The van der Waals surface area contributed by atoms with Gasteiger partial charge in [0.25, 0.3) is 0 Å². The zero-order chi connectivity index (χ0) is 15.7. The molecule has 0 aliphatic carbocycles. The second-order valence-corrected chi connectivity index (χ2v) is 5.62. The summed E-state index contributed by atoms with van der Waals surface area (Å²) in [5.74, 6) is 2.05. The van der Waals surface area contributed by atoms with Crippen LogP contribution in [0.2, 0.25) is 0 Å². The molecule has 3 rings (SSSR count). The molecular formula is C16H19N3O3. The highest BCUT2D eigenvalue weighted by Crippen LogP contribution is 2.32. The molecule has 0 radical (unpaired) electrons. The maximum absolute atomic E-state index is 12.2. The molecule has 0 spiro atoms. The van der Waals surface area contributed by atoms with Gasteiger partial charge in [0, 0.05) is 12.1 Å². The van der Waals surface area contributed by atoms with Gasteiger partial charge in [-0.05, 0) is 38.5 Å². The van der Waals surface area contributed by atoms with Crippen molar-refractivity contribution in [1.82, 2.24) is 9.78 Å². The topological polar surface area (TPSA) is 65.4 Å². The smallest absolute Gasteiger partial charge is 0.231 e. The van der Waals surface area contributed by atoms with E-state index in [-0.39, 0.29) is 25.2 Å². The van der Waals surface area contributed by atoms with Gasteiger partial charge < -0.3 is 14.8 Å². The molecule has 2 heterocycles. The second kappa shape index (κ2) is 5.71. The van der Waals surface area contributed by atoms with Crippen molar-refractivity contribution in [1.29, 1.82) is 0 Å². The molecule has 1 aliphatic rings. The summed E-state index contributed by atoms with van der Waals surface area (Å²) in [7, 11) is 0. The molecule has 1 N–H and O–H groups in total. The van der Waals surface area contributed by atoms with Crippen LogP contribution in [0.15, 0.2) is 24.3 Å². The van der Waals surface area contributed by atoms with E-state index in [1.165, 1.54) is 0 Å². The molecule has 0 saturated heterocycles. The van der Waals surface area contributed by atoms with E-state index >= 15 is 0 Å². The number of aromatic nitrogens is 2. The quantitative estimate of drug-likeness (QED) is 0.943. The van der Waals surface area contributed by atoms with E-state index in [1.54, 1.807) is 0 Å². The number of aryl methyl sites for hydroxylation is 1. The van der Waals surface area contributed by atoms with Gasteiger partial charge in [-0.1, -0.05) is 6.07 Å². The van der Waals surface area contributed by atoms with E-state index in [0.717, 1.165) is 22.8 Å². The van der Waals surface area contributed by atoms with E-state index in [1.807, 2.05) is 49.7 Å². The lowest BCUT2D eigenvalue weighted by Crippen LogP contribution is -2.18. The maximum Gasteiger partial charge on any atom is 0.231 e. The number of ether oxygens (including phenoxy) is 2. The molecule has 6 nitrogen and oxygen atoms in total. The Bertz CT molecular complexity index is 707. The number of nitrogens with zero attached hydrogens (tertiary/aromatic N) is 2. The number of amides is 1. The van der Waals surface area contributed by atoms with Crippen LogP contribution in [-0.2, 0) is 11.2 Å². The molecular weight excluding hydrogens is 282 g/mol. The van der Waals surface area contributed by atoms with Gasteiger partial charge in [0.1, 0.15) is 5.82 Å². The monoisotopic (exact) mass is 301 g/mol. The summed E-state index contributed by atoms with van der Waals surface area (Å²) in [6, 6.07) is 7.60. The fourth-order valence-corrected chi connectivity index (χ4v) is 2.43. The van der Waals surface area contributed by atoms with Crippen LogP contribution in [0.3, 0.4) is 0 Å². The lowest BCUT2D eigenvalue weighted by atomic mass is 10.1. The van der Waals surface area contributed by atoms with E-state index in [2.05, 4.69) is 10.4 Å². The molecule has 0 saturated carbocycles. The number of hydrogen-bond donors (Lipinski definition) is 1. The van der Waals surface area contributed by atoms with Crippen LogP contribution in [0, 0.1) is 6.92 Å². The lowest BCUT2D eigenvalue weighted by Gasteiger charge is -2.11. The summed E-state index contributed by atoms with van der Waals surface area (Å²) < 4.78 is 12.4. The first-order valence-corrected chi connectivity index (χ1v) is 7.27. The van der Waals surface area contributed by atoms with Gasteiger partial charge >= 0.3 is 0 Å². The van der Waals surface area contributed by atoms with Crippen molar-refractivity contribution in [2.75, 3.05) is 12.1 Å². The number of hydrogen-bond acceptors (Lipinski definition) is 4. The Kier molecular flexibility index (Phi) is 3.75. The molecule has 116 valence electrons. The molecule has 1 aromatic heterocycles. The first-order chi connectivity index (χ1) is 10.5. The normalized spacial score (nSPS) is 12.7. The first-order valence-electron chi connectivity index (χ1n) is 7.27. The molecule has 1 aliphatic heterocycles. The Balaban J connectivity index is 1.70. The van der Waals surface area contributed by atoms with Gasteiger partial charge in [-0.2, -0.15) is 5.10 Å². The van der Waals surface area contributed by atoms with Gasteiger partial charge in [0.2, 0.25) is 12.7 Å². The van der Waals surface area contributed by atoms with Gasteiger partial charge in [-0.25, -0.2) is 4.68 Å². The van der Waals surface area contributed by atoms with Gasteiger partial charge in [0.15, 0.2) is 11.5 Å². The number of rotatable bonds is 4. The fraction of sp³-hybridized carbons (Fsp3) is 0.375. The standard InChI is InChI=1S/C16H19N3O3/c1-10(2)19-15(6-11(3)18-19)17-16(20)8-12-4-5-13-14(7-12)22-9-21-13/h4-7,10H,8-9H2,1-3H3,(H,17,20). The second-order valence-electron chi connectivity index (χ2n) is 5.62. The molecule has 2 aromatic rings. The van der Waals surface area contributed by atoms with E-state index in [4.69, 9.17) is 9.47 Å². The minimum atomic E-state index is -0.0827. The molecule has 6 heteroatoms. The number of fused-ring (bicyclic) bond motifs is 1. The largest absolute Gasteiger partial charge is 0.454 e. The average Bonchev–Trinajstić information content (AvgIpc) is 3.04. The van der Waals surface area contributed by atoms with Crippen molar-refractivity contribution >= 4 is 11.7 Å². The highest BCUT2D eigenvalue weighted by molar-refractivity contribution is 5.91. The minimum Gasteiger partial charge on any atom is -0.454 e. The van der Waals surface area contributed by atoms with Crippen LogP contribution < -0.4 is 14.8 Å². The number of anilines is 1. The summed E-state index contributed by atoms with van der Waals surface area (Å²) in [5.41, 5.74) is 1.76. The Morgan fingerprint density at radius 2 is 2.09 bits per heavy atom. The third-order valence-electron chi connectivity index (χ3n) is 3.42. The third kappa shape index (κ3) is 2.90. The average molecular weight is 301 g/mol. The van der Waals surface area contributed by atoms with E-state index in [0.29, 0.717) is 5.75 Å². The molecule has 1 aromatic carbocycles. The van der Waals surface area contributed by atoms with E-state index in [9.17, 15) is 4.79 Å². The Hall–Kier alpha value is -2.50. The molecule has 0 bridgehead atoms. The van der Waals surface area contributed by atoms with Gasteiger partial charge in [0.05, 0.1) is 12.1 Å². The van der Waals surface area contributed by atoms with Crippen LogP contribution in [0.5, 0.6) is 11.5 Å². The summed E-state index contributed by atoms with van der Waals surface area (Å²) in [6.07, 6.45) is 0.277. The minimum absolute atomic E-state index is 0.0827. The molecule has 0 unspecified atom stereocenters. The van der Waals surface area contributed by atoms with Gasteiger partial charge in [-0.15, -0.1) is 0 Å². The number of nitrogens with one attached hydrogen (secondary N) is 1. The van der Waals surface area contributed by atoms with Crippen LogP contribution >= 0.6 is 0 Å². The van der Waals surface area contributed by atoms with Crippen LogP contribution in [-0.4, -0.2) is 22.5 Å². The SMILES string of the molecule is Cc1cc(NC(=O)Cc2ccc3c(c2)OCO3)n(C(C)C)n1. The van der Waals surface area contributed by atoms with Crippen molar-refractivity contribution in [2.45, 2.75) is 33.2 Å². The van der Waals surface area contributed by atoms with E-state index < -0.39 is 0 Å². The third-order valence-corrected chi connectivity index (χ3v) is 3.42. The van der Waals surface area contributed by atoms with Crippen LogP contribution in [0.4, 0.5) is 5.82 Å². The van der Waals surface area contributed by atoms with Crippen LogP contribution in [0.1, 0.15) is 31.1 Å². The maximum atomic E-state index is 12.2. The predicted molar refractivity (Wildman–Crippen MR) is 82.2 cm³/mol. The summed E-state index contributed by atoms with van der Waals surface area (Å²) in [4.78, 5) is 12.2. The highest BCUT2D eigenvalue weighted by Gasteiger charge is 2.16. The Labute approximate surface area is 129 Å². The molecule has 1 amide bonds. The molecule has 0 atom stereocenters. The number of carbonyl (C=O) groups excluding carboxylic acids is 1. The fourth-order valence-electron chi connectivity index (χ4n) is 2.43. The van der Waals surface area contributed by atoms with Crippen molar-refractivity contribution in [2.24, 2.45) is 0 Å². The molecule has 22 heavy (non-hydrogen) atoms. The van der Waals surface area contributed by atoms with Crippen molar-refractivity contribution in [3.63, 3.8) is 0 Å².